The minimum absolute atomic E-state index is 0.0199. The van der Waals surface area contributed by atoms with Crippen LogP contribution in [0.1, 0.15) is 5.69 Å². The van der Waals surface area contributed by atoms with E-state index in [1.54, 1.807) is 0 Å². The van der Waals surface area contributed by atoms with E-state index in [-0.39, 0.29) is 15.6 Å². The molecule has 1 saturated heterocycles. The van der Waals surface area contributed by atoms with Crippen LogP contribution in [-0.2, 0) is 29.7 Å². The Bertz CT molecular complexity index is 811. The van der Waals surface area contributed by atoms with E-state index in [0.717, 1.165) is 11.3 Å². The summed E-state index contributed by atoms with van der Waals surface area (Å²) in [6.07, 6.45) is 3.60. The number of ether oxygens (including phenoxy) is 2. The van der Waals surface area contributed by atoms with Gasteiger partial charge in [0, 0.05) is 26.6 Å². The first kappa shape index (κ1) is 15.3. The maximum Gasteiger partial charge on any atom is 0.306 e. The van der Waals surface area contributed by atoms with Crippen molar-refractivity contribution in [2.45, 2.75) is 16.3 Å². The van der Waals surface area contributed by atoms with Gasteiger partial charge in [0.2, 0.25) is 5.60 Å². The van der Waals surface area contributed by atoms with Crippen LogP contribution in [0.4, 0.5) is 0 Å². The van der Waals surface area contributed by atoms with Crippen LogP contribution >= 0.6 is 11.6 Å². The van der Waals surface area contributed by atoms with Crippen LogP contribution < -0.4 is 0 Å². The third kappa shape index (κ3) is 1.83. The van der Waals surface area contributed by atoms with Gasteiger partial charge in [-0.25, -0.2) is 13.4 Å². The zero-order valence-electron chi connectivity index (χ0n) is 11.9. The number of fused-ring (bicyclic) bond motifs is 1. The SMILES string of the molecule is COC12OC1(c1ncc(Cl)cc1S(C)(=O)=O)C=NN(C)C2=O. The summed E-state index contributed by atoms with van der Waals surface area (Å²) >= 11 is 5.83. The molecule has 2 aliphatic rings. The Labute approximate surface area is 131 Å². The second kappa shape index (κ2) is 4.48. The van der Waals surface area contributed by atoms with Crippen molar-refractivity contribution < 1.29 is 22.7 Å². The van der Waals surface area contributed by atoms with E-state index in [1.165, 1.54) is 32.6 Å². The van der Waals surface area contributed by atoms with Crippen LogP contribution in [0.5, 0.6) is 0 Å². The third-order valence-corrected chi connectivity index (χ3v) is 4.92. The highest BCUT2D eigenvalue weighted by atomic mass is 35.5. The molecule has 0 aromatic carbocycles. The van der Waals surface area contributed by atoms with Crippen molar-refractivity contribution >= 4 is 33.6 Å². The molecule has 2 atom stereocenters. The average molecular weight is 346 g/mol. The van der Waals surface area contributed by atoms with Crippen LogP contribution in [0.25, 0.3) is 0 Å². The van der Waals surface area contributed by atoms with Gasteiger partial charge in [0.1, 0.15) is 5.69 Å². The van der Waals surface area contributed by atoms with Crippen LogP contribution in [0.3, 0.4) is 0 Å². The van der Waals surface area contributed by atoms with Gasteiger partial charge in [-0.3, -0.25) is 9.78 Å². The number of pyridine rings is 1. The zero-order chi connectivity index (χ0) is 16.3. The molecule has 1 amide bonds. The van der Waals surface area contributed by atoms with E-state index in [4.69, 9.17) is 21.1 Å². The number of halogens is 1. The summed E-state index contributed by atoms with van der Waals surface area (Å²) < 4.78 is 34.8. The number of carbonyl (C=O) groups excluding carboxylic acids is 1. The first-order valence-electron chi connectivity index (χ1n) is 6.12. The fraction of sp³-hybridized carbons (Fsp3) is 0.417. The van der Waals surface area contributed by atoms with Crippen LogP contribution in [0.15, 0.2) is 22.3 Å². The van der Waals surface area contributed by atoms with E-state index in [2.05, 4.69) is 10.1 Å². The largest absolute Gasteiger partial charge is 0.343 e. The first-order valence-corrected chi connectivity index (χ1v) is 8.39. The Balaban J connectivity index is 2.26. The predicted molar refractivity (Wildman–Crippen MR) is 76.1 cm³/mol. The minimum Gasteiger partial charge on any atom is -0.343 e. The molecule has 0 radical (unpaired) electrons. The summed E-state index contributed by atoms with van der Waals surface area (Å²) in [4.78, 5) is 16.2. The number of hydrogen-bond acceptors (Lipinski definition) is 7. The molecule has 2 unspecified atom stereocenters. The molecular weight excluding hydrogens is 334 g/mol. The number of epoxide rings is 1. The number of amides is 1. The highest BCUT2D eigenvalue weighted by molar-refractivity contribution is 7.90. The third-order valence-electron chi connectivity index (χ3n) is 3.60. The fourth-order valence-corrected chi connectivity index (χ4v) is 3.60. The molecular formula is C12H12ClN3O5S. The van der Waals surface area contributed by atoms with Crippen molar-refractivity contribution in [2.24, 2.45) is 5.10 Å². The Morgan fingerprint density at radius 1 is 1.45 bits per heavy atom. The zero-order valence-corrected chi connectivity index (χ0v) is 13.5. The van der Waals surface area contributed by atoms with E-state index >= 15 is 0 Å². The highest BCUT2D eigenvalue weighted by Gasteiger charge is 2.81. The van der Waals surface area contributed by atoms with Crippen molar-refractivity contribution in [3.63, 3.8) is 0 Å². The Hall–Kier alpha value is -1.55. The van der Waals surface area contributed by atoms with Gasteiger partial charge in [-0.2, -0.15) is 5.10 Å². The molecule has 0 N–H and O–H groups in total. The van der Waals surface area contributed by atoms with Gasteiger partial charge in [-0.05, 0) is 6.07 Å². The van der Waals surface area contributed by atoms with E-state index in [9.17, 15) is 13.2 Å². The van der Waals surface area contributed by atoms with Gasteiger partial charge in [0.05, 0.1) is 16.1 Å². The minimum atomic E-state index is -3.65. The van der Waals surface area contributed by atoms with Crippen molar-refractivity contribution in [1.82, 2.24) is 9.99 Å². The molecule has 22 heavy (non-hydrogen) atoms. The van der Waals surface area contributed by atoms with E-state index in [0.29, 0.717) is 0 Å². The Morgan fingerprint density at radius 2 is 2.14 bits per heavy atom. The molecule has 3 rings (SSSR count). The summed E-state index contributed by atoms with van der Waals surface area (Å²) in [5.74, 6) is -2.21. The van der Waals surface area contributed by atoms with Gasteiger partial charge in [0.15, 0.2) is 9.84 Å². The van der Waals surface area contributed by atoms with Gasteiger partial charge in [-0.1, -0.05) is 11.6 Å². The molecule has 0 saturated carbocycles. The van der Waals surface area contributed by atoms with Gasteiger partial charge >= 0.3 is 5.91 Å². The standard InChI is InChI=1S/C12H12ClN3O5S/c1-16-10(17)12(20-2)11(21-12,6-15-16)9-8(22(3,18)19)4-7(13)5-14-9/h4-6H,1-3H3. The van der Waals surface area contributed by atoms with Gasteiger partial charge in [0.25, 0.3) is 5.79 Å². The van der Waals surface area contributed by atoms with Gasteiger partial charge < -0.3 is 9.47 Å². The molecule has 118 valence electrons. The first-order chi connectivity index (χ1) is 10.2. The lowest BCUT2D eigenvalue weighted by Crippen LogP contribution is -2.47. The lowest BCUT2D eigenvalue weighted by Gasteiger charge is -2.23. The molecule has 8 nitrogen and oxygen atoms in total. The molecule has 0 bridgehead atoms. The van der Waals surface area contributed by atoms with Crippen LogP contribution in [0.2, 0.25) is 5.02 Å². The summed E-state index contributed by atoms with van der Waals surface area (Å²) in [5, 5.41) is 5.12. The lowest BCUT2D eigenvalue weighted by atomic mass is 9.96. The van der Waals surface area contributed by atoms with Crippen LogP contribution in [0, 0.1) is 0 Å². The second-order valence-corrected chi connectivity index (χ2v) is 7.42. The van der Waals surface area contributed by atoms with E-state index in [1.807, 2.05) is 0 Å². The molecule has 2 aliphatic heterocycles. The quantitative estimate of drug-likeness (QED) is 0.723. The Kier molecular flexibility index (Phi) is 3.12. The fourth-order valence-electron chi connectivity index (χ4n) is 2.48. The second-order valence-electron chi connectivity index (χ2n) is 5.00. The van der Waals surface area contributed by atoms with Crippen molar-refractivity contribution in [3.8, 4) is 0 Å². The molecule has 10 heteroatoms. The summed E-state index contributed by atoms with van der Waals surface area (Å²) in [6, 6.07) is 1.26. The number of methoxy groups -OCH3 is 1. The molecule has 1 aromatic heterocycles. The normalized spacial score (nSPS) is 30.4. The number of likely N-dealkylation sites (N-methyl/N-ethyl adjacent to an activating group) is 1. The van der Waals surface area contributed by atoms with Crippen molar-refractivity contribution in [3.05, 3.63) is 23.0 Å². The maximum atomic E-state index is 12.3. The Morgan fingerprint density at radius 3 is 2.73 bits per heavy atom. The smallest absolute Gasteiger partial charge is 0.306 e. The highest BCUT2D eigenvalue weighted by Crippen LogP contribution is 2.58. The van der Waals surface area contributed by atoms with Crippen molar-refractivity contribution in [2.75, 3.05) is 20.4 Å². The topological polar surface area (TPSA) is 101 Å². The summed E-state index contributed by atoms with van der Waals surface area (Å²) in [5.41, 5.74) is -1.46. The number of nitrogens with zero attached hydrogens (tertiary/aromatic N) is 3. The molecule has 0 aliphatic carbocycles. The monoisotopic (exact) mass is 345 g/mol. The lowest BCUT2D eigenvalue weighted by molar-refractivity contribution is -0.153. The van der Waals surface area contributed by atoms with Crippen molar-refractivity contribution in [1.29, 1.82) is 0 Å². The molecule has 3 heterocycles. The number of hydrazone groups is 1. The van der Waals surface area contributed by atoms with Gasteiger partial charge in [-0.15, -0.1) is 0 Å². The predicted octanol–water partition coefficient (Wildman–Crippen LogP) is 0.164. The number of sulfone groups is 1. The maximum absolute atomic E-state index is 12.3. The number of rotatable bonds is 3. The van der Waals surface area contributed by atoms with E-state index < -0.39 is 27.1 Å². The molecule has 1 fully saturated rings. The summed E-state index contributed by atoms with van der Waals surface area (Å²) in [7, 11) is -0.915. The number of hydrogen-bond donors (Lipinski definition) is 0. The summed E-state index contributed by atoms with van der Waals surface area (Å²) in [6.45, 7) is 0. The molecule has 0 spiro atoms. The van der Waals surface area contributed by atoms with Crippen LogP contribution in [-0.4, -0.2) is 56.7 Å². The number of carbonyl (C=O) groups is 1. The number of aromatic nitrogens is 1. The molecule has 1 aromatic rings. The average Bonchev–Trinajstić information content (AvgIpc) is 3.14.